The van der Waals surface area contributed by atoms with Crippen molar-refractivity contribution in [3.05, 3.63) is 28.2 Å². The molecule has 1 aromatic rings. The molecule has 1 aromatic carbocycles. The fourth-order valence-electron chi connectivity index (χ4n) is 2.21. The highest BCUT2D eigenvalue weighted by atomic mass is 79.9. The van der Waals surface area contributed by atoms with Gasteiger partial charge in [-0.25, -0.2) is 0 Å². The van der Waals surface area contributed by atoms with Crippen molar-refractivity contribution in [1.29, 1.82) is 5.26 Å². The maximum Gasteiger partial charge on any atom is 0.101 e. The van der Waals surface area contributed by atoms with Gasteiger partial charge in [0, 0.05) is 4.47 Å². The molecule has 1 saturated carbocycles. The second-order valence-corrected chi connectivity index (χ2v) is 5.32. The van der Waals surface area contributed by atoms with E-state index in [1.54, 1.807) is 6.07 Å². The summed E-state index contributed by atoms with van der Waals surface area (Å²) in [4.78, 5) is 0. The SMILES string of the molecule is N#Cc1ccc(Br)cc1N[C@@H]1CCCC[C@H]1O. The second-order valence-electron chi connectivity index (χ2n) is 4.40. The van der Waals surface area contributed by atoms with Crippen LogP contribution in [0.4, 0.5) is 5.69 Å². The average Bonchev–Trinajstić information content (AvgIpc) is 2.32. The first-order valence-corrected chi connectivity index (χ1v) is 6.64. The molecule has 0 spiro atoms. The van der Waals surface area contributed by atoms with Crippen molar-refractivity contribution in [3.63, 3.8) is 0 Å². The highest BCUT2D eigenvalue weighted by Gasteiger charge is 2.23. The molecule has 2 atom stereocenters. The first-order chi connectivity index (χ1) is 8.20. The molecular formula is C13H15BrN2O. The molecule has 0 aliphatic heterocycles. The van der Waals surface area contributed by atoms with E-state index in [1.807, 2.05) is 12.1 Å². The molecule has 1 fully saturated rings. The summed E-state index contributed by atoms with van der Waals surface area (Å²) < 4.78 is 0.935. The van der Waals surface area contributed by atoms with Gasteiger partial charge in [-0.1, -0.05) is 28.8 Å². The van der Waals surface area contributed by atoms with Crippen molar-refractivity contribution in [2.45, 2.75) is 37.8 Å². The Morgan fingerprint density at radius 2 is 2.12 bits per heavy atom. The van der Waals surface area contributed by atoms with Crippen LogP contribution in [0, 0.1) is 11.3 Å². The standard InChI is InChI=1S/C13H15BrN2O/c14-10-6-5-9(8-15)12(7-10)16-11-3-1-2-4-13(11)17/h5-7,11,13,16-17H,1-4H2/t11-,13-/m1/s1. The van der Waals surface area contributed by atoms with Gasteiger partial charge < -0.3 is 10.4 Å². The van der Waals surface area contributed by atoms with E-state index in [4.69, 9.17) is 5.26 Å². The Kier molecular flexibility index (Phi) is 4.03. The normalized spacial score (nSPS) is 24.1. The van der Waals surface area contributed by atoms with E-state index in [0.29, 0.717) is 5.56 Å². The number of rotatable bonds is 2. The summed E-state index contributed by atoms with van der Waals surface area (Å²) in [5, 5.41) is 22.2. The second kappa shape index (κ2) is 5.52. The van der Waals surface area contributed by atoms with Gasteiger partial charge in [-0.3, -0.25) is 0 Å². The van der Waals surface area contributed by atoms with E-state index in [9.17, 15) is 5.11 Å². The Morgan fingerprint density at radius 1 is 1.35 bits per heavy atom. The van der Waals surface area contributed by atoms with Crippen LogP contribution in [0.25, 0.3) is 0 Å². The molecule has 1 aliphatic rings. The summed E-state index contributed by atoms with van der Waals surface area (Å²) in [7, 11) is 0. The molecule has 0 aromatic heterocycles. The quantitative estimate of drug-likeness (QED) is 0.881. The molecule has 0 radical (unpaired) electrons. The lowest BCUT2D eigenvalue weighted by atomic mass is 9.92. The largest absolute Gasteiger partial charge is 0.391 e. The third-order valence-corrected chi connectivity index (χ3v) is 3.67. The zero-order chi connectivity index (χ0) is 12.3. The molecule has 0 bridgehead atoms. The number of anilines is 1. The fourth-order valence-corrected chi connectivity index (χ4v) is 2.57. The van der Waals surface area contributed by atoms with E-state index < -0.39 is 0 Å². The Bertz CT molecular complexity index is 442. The maximum atomic E-state index is 9.91. The minimum atomic E-state index is -0.311. The van der Waals surface area contributed by atoms with Gasteiger partial charge in [0.15, 0.2) is 0 Å². The Morgan fingerprint density at radius 3 is 2.82 bits per heavy atom. The summed E-state index contributed by atoms with van der Waals surface area (Å²) in [6.45, 7) is 0. The molecule has 3 nitrogen and oxygen atoms in total. The van der Waals surface area contributed by atoms with E-state index in [2.05, 4.69) is 27.3 Å². The summed E-state index contributed by atoms with van der Waals surface area (Å²) in [5.74, 6) is 0. The summed E-state index contributed by atoms with van der Waals surface area (Å²) >= 11 is 3.39. The van der Waals surface area contributed by atoms with Crippen molar-refractivity contribution >= 4 is 21.6 Å². The van der Waals surface area contributed by atoms with E-state index in [-0.39, 0.29) is 12.1 Å². The summed E-state index contributed by atoms with van der Waals surface area (Å²) in [6.07, 6.45) is 3.70. The van der Waals surface area contributed by atoms with Crippen molar-refractivity contribution in [2.24, 2.45) is 0 Å². The van der Waals surface area contributed by atoms with Gasteiger partial charge >= 0.3 is 0 Å². The number of hydrogen-bond donors (Lipinski definition) is 2. The van der Waals surface area contributed by atoms with Crippen LogP contribution in [0.5, 0.6) is 0 Å². The molecule has 90 valence electrons. The van der Waals surface area contributed by atoms with Crippen molar-refractivity contribution in [2.75, 3.05) is 5.32 Å². The van der Waals surface area contributed by atoms with Crippen molar-refractivity contribution < 1.29 is 5.11 Å². The molecule has 4 heteroatoms. The van der Waals surface area contributed by atoms with Crippen LogP contribution >= 0.6 is 15.9 Å². The van der Waals surface area contributed by atoms with Gasteiger partial charge in [-0.15, -0.1) is 0 Å². The number of nitriles is 1. The molecule has 0 amide bonds. The predicted octanol–water partition coefficient (Wildman–Crippen LogP) is 3.04. The maximum absolute atomic E-state index is 9.91. The first kappa shape index (κ1) is 12.4. The number of hydrogen-bond acceptors (Lipinski definition) is 3. The predicted molar refractivity (Wildman–Crippen MR) is 70.7 cm³/mol. The lowest BCUT2D eigenvalue weighted by Crippen LogP contribution is -2.36. The van der Waals surface area contributed by atoms with Gasteiger partial charge in [0.05, 0.1) is 23.4 Å². The van der Waals surface area contributed by atoms with Gasteiger partial charge in [0.1, 0.15) is 6.07 Å². The van der Waals surface area contributed by atoms with Gasteiger partial charge in [0.2, 0.25) is 0 Å². The van der Waals surface area contributed by atoms with E-state index in [0.717, 1.165) is 35.8 Å². The zero-order valence-electron chi connectivity index (χ0n) is 9.49. The van der Waals surface area contributed by atoms with Crippen LogP contribution in [-0.4, -0.2) is 17.3 Å². The topological polar surface area (TPSA) is 56.0 Å². The van der Waals surface area contributed by atoms with Crippen LogP contribution < -0.4 is 5.32 Å². The average molecular weight is 295 g/mol. The highest BCUT2D eigenvalue weighted by Crippen LogP contribution is 2.26. The molecule has 2 N–H and O–H groups in total. The molecule has 2 rings (SSSR count). The van der Waals surface area contributed by atoms with Crippen molar-refractivity contribution in [3.8, 4) is 6.07 Å². The Hall–Kier alpha value is -1.05. The minimum absolute atomic E-state index is 0.0603. The third-order valence-electron chi connectivity index (χ3n) is 3.17. The fraction of sp³-hybridized carbons (Fsp3) is 0.462. The first-order valence-electron chi connectivity index (χ1n) is 5.85. The van der Waals surface area contributed by atoms with Crippen LogP contribution in [0.2, 0.25) is 0 Å². The lowest BCUT2D eigenvalue weighted by Gasteiger charge is -2.29. The molecule has 1 aliphatic carbocycles. The van der Waals surface area contributed by atoms with Gasteiger partial charge in [-0.05, 0) is 31.0 Å². The highest BCUT2D eigenvalue weighted by molar-refractivity contribution is 9.10. The van der Waals surface area contributed by atoms with Crippen LogP contribution in [0.3, 0.4) is 0 Å². The number of benzene rings is 1. The molecule has 0 saturated heterocycles. The number of aliphatic hydroxyl groups excluding tert-OH is 1. The number of aliphatic hydroxyl groups is 1. The van der Waals surface area contributed by atoms with Gasteiger partial charge in [0.25, 0.3) is 0 Å². The number of nitrogens with one attached hydrogen (secondary N) is 1. The zero-order valence-corrected chi connectivity index (χ0v) is 11.1. The van der Waals surface area contributed by atoms with E-state index >= 15 is 0 Å². The number of halogens is 1. The molecular weight excluding hydrogens is 280 g/mol. The summed E-state index contributed by atoms with van der Waals surface area (Å²) in [6, 6.07) is 7.74. The van der Waals surface area contributed by atoms with Crippen LogP contribution in [0.15, 0.2) is 22.7 Å². The van der Waals surface area contributed by atoms with E-state index in [1.165, 1.54) is 0 Å². The van der Waals surface area contributed by atoms with Crippen LogP contribution in [0.1, 0.15) is 31.2 Å². The third kappa shape index (κ3) is 2.99. The smallest absolute Gasteiger partial charge is 0.101 e. The monoisotopic (exact) mass is 294 g/mol. The number of nitrogens with zero attached hydrogens (tertiary/aromatic N) is 1. The van der Waals surface area contributed by atoms with Gasteiger partial charge in [-0.2, -0.15) is 5.26 Å². The van der Waals surface area contributed by atoms with Crippen LogP contribution in [-0.2, 0) is 0 Å². The lowest BCUT2D eigenvalue weighted by molar-refractivity contribution is 0.116. The Labute approximate surface area is 110 Å². The van der Waals surface area contributed by atoms with Crippen molar-refractivity contribution in [1.82, 2.24) is 0 Å². The molecule has 0 heterocycles. The minimum Gasteiger partial charge on any atom is -0.391 e. The molecule has 0 unspecified atom stereocenters. The Balaban J connectivity index is 2.17. The summed E-state index contributed by atoms with van der Waals surface area (Å²) in [5.41, 5.74) is 1.42. The molecule has 17 heavy (non-hydrogen) atoms.